The van der Waals surface area contributed by atoms with E-state index in [4.69, 9.17) is 0 Å². The van der Waals surface area contributed by atoms with Crippen LogP contribution in [0.3, 0.4) is 0 Å². The highest BCUT2D eigenvalue weighted by atomic mass is 16.4. The molecule has 190 valence electrons. The summed E-state index contributed by atoms with van der Waals surface area (Å²) in [5, 5.41) is 20.2. The lowest BCUT2D eigenvalue weighted by Crippen LogP contribution is -2.65. The smallest absolute Gasteiger partial charge is 0.309 e. The van der Waals surface area contributed by atoms with Crippen molar-refractivity contribution in [3.05, 3.63) is 11.6 Å². The number of carboxylic acids is 1. The molecule has 5 aliphatic carbocycles. The summed E-state index contributed by atoms with van der Waals surface area (Å²) in [6, 6.07) is 2.17. The molecule has 5 rings (SSSR count). The highest BCUT2D eigenvalue weighted by Crippen LogP contribution is 2.71. The zero-order valence-electron chi connectivity index (χ0n) is 22.2. The minimum absolute atomic E-state index is 0.0470. The van der Waals surface area contributed by atoms with Crippen LogP contribution in [0.15, 0.2) is 11.6 Å². The van der Waals surface area contributed by atoms with Crippen LogP contribution in [0.2, 0.25) is 0 Å². The molecule has 0 radical (unpaired) electrons. The molecule has 0 amide bonds. The number of Topliss-reactive ketones (excluding diaryl/α,β-unsaturated/α-hetero) is 2. The maximum atomic E-state index is 14.1. The largest absolute Gasteiger partial charge is 0.481 e. The van der Waals surface area contributed by atoms with E-state index in [1.807, 2.05) is 19.9 Å². The number of ketones is 2. The average Bonchev–Trinajstić information content (AvgIpc) is 2.76. The number of carboxylic acid groups (broad SMARTS) is 1. The molecular formula is C30H41NO4. The van der Waals surface area contributed by atoms with Crippen molar-refractivity contribution in [2.75, 3.05) is 0 Å². The van der Waals surface area contributed by atoms with Gasteiger partial charge in [-0.2, -0.15) is 5.26 Å². The fraction of sp³-hybridized carbons (Fsp3) is 0.800. The molecule has 4 fully saturated rings. The van der Waals surface area contributed by atoms with Gasteiger partial charge in [-0.3, -0.25) is 14.4 Å². The first kappa shape index (κ1) is 24.7. The summed E-state index contributed by atoms with van der Waals surface area (Å²) in [6.07, 6.45) is 8.00. The van der Waals surface area contributed by atoms with E-state index in [1.54, 1.807) is 0 Å². The van der Waals surface area contributed by atoms with Crippen molar-refractivity contribution < 1.29 is 19.5 Å². The molecule has 35 heavy (non-hydrogen) atoms. The van der Waals surface area contributed by atoms with Crippen molar-refractivity contribution in [2.24, 2.45) is 56.7 Å². The van der Waals surface area contributed by atoms with Crippen molar-refractivity contribution in [2.45, 2.75) is 92.9 Å². The summed E-state index contributed by atoms with van der Waals surface area (Å²) in [7, 11) is 0. The molecule has 0 aromatic rings. The molecule has 0 aliphatic heterocycles. The summed E-state index contributed by atoms with van der Waals surface area (Å²) in [5.41, 5.74) is -1.62. The number of carbonyl (C=O) groups excluding carboxylic acids is 2. The van der Waals surface area contributed by atoms with Crippen LogP contribution in [-0.2, 0) is 14.4 Å². The van der Waals surface area contributed by atoms with E-state index < -0.39 is 22.2 Å². The van der Waals surface area contributed by atoms with Gasteiger partial charge in [0, 0.05) is 17.8 Å². The molecule has 1 N–H and O–H groups in total. The molecule has 5 nitrogen and oxygen atoms in total. The third-order valence-electron chi connectivity index (χ3n) is 12.1. The second-order valence-corrected chi connectivity index (χ2v) is 14.5. The van der Waals surface area contributed by atoms with Crippen molar-refractivity contribution in [1.82, 2.24) is 0 Å². The van der Waals surface area contributed by atoms with E-state index in [1.165, 1.54) is 0 Å². The summed E-state index contributed by atoms with van der Waals surface area (Å²) in [5.74, 6) is -0.525. The fourth-order valence-electron chi connectivity index (χ4n) is 10.3. The Hall–Kier alpha value is -1.96. The number of carbonyl (C=O) groups is 3. The second kappa shape index (κ2) is 7.30. The van der Waals surface area contributed by atoms with Gasteiger partial charge in [0.15, 0.2) is 5.78 Å². The number of fused-ring (bicyclic) bond motifs is 7. The van der Waals surface area contributed by atoms with Crippen molar-refractivity contribution in [3.63, 3.8) is 0 Å². The van der Waals surface area contributed by atoms with Crippen LogP contribution in [0, 0.1) is 68.0 Å². The van der Waals surface area contributed by atoms with Gasteiger partial charge in [-0.15, -0.1) is 0 Å². The molecule has 0 spiro atoms. The molecule has 5 heteroatoms. The normalized spacial score (nSPS) is 47.8. The van der Waals surface area contributed by atoms with E-state index in [0.717, 1.165) is 32.1 Å². The summed E-state index contributed by atoms with van der Waals surface area (Å²) >= 11 is 0. The molecule has 4 saturated carbocycles. The summed E-state index contributed by atoms with van der Waals surface area (Å²) in [6.45, 7) is 12.9. The van der Waals surface area contributed by atoms with Gasteiger partial charge in [-0.05, 0) is 84.9 Å². The Morgan fingerprint density at radius 3 is 2.29 bits per heavy atom. The van der Waals surface area contributed by atoms with Gasteiger partial charge in [0.25, 0.3) is 0 Å². The average molecular weight is 480 g/mol. The Morgan fingerprint density at radius 1 is 0.971 bits per heavy atom. The molecule has 8 atom stereocenters. The number of nitriles is 1. The molecule has 0 heterocycles. The summed E-state index contributed by atoms with van der Waals surface area (Å²) in [4.78, 5) is 39.9. The predicted octanol–water partition coefficient (Wildman–Crippen LogP) is 5.98. The number of allylic oxidation sites excluding steroid dienone is 2. The van der Waals surface area contributed by atoms with Crippen LogP contribution < -0.4 is 0 Å². The van der Waals surface area contributed by atoms with Gasteiger partial charge in [0.05, 0.1) is 11.0 Å². The Bertz CT molecular complexity index is 1080. The van der Waals surface area contributed by atoms with Crippen LogP contribution >= 0.6 is 0 Å². The molecule has 0 aromatic carbocycles. The van der Waals surface area contributed by atoms with Gasteiger partial charge < -0.3 is 5.11 Å². The quantitative estimate of drug-likeness (QED) is 0.499. The lowest BCUT2D eigenvalue weighted by atomic mass is 9.35. The first-order chi connectivity index (χ1) is 16.1. The van der Waals surface area contributed by atoms with E-state index in [9.17, 15) is 24.8 Å². The zero-order chi connectivity index (χ0) is 25.8. The summed E-state index contributed by atoms with van der Waals surface area (Å²) < 4.78 is 0. The van der Waals surface area contributed by atoms with Crippen molar-refractivity contribution >= 4 is 17.5 Å². The van der Waals surface area contributed by atoms with Gasteiger partial charge >= 0.3 is 5.97 Å². The van der Waals surface area contributed by atoms with E-state index in [-0.39, 0.29) is 57.6 Å². The minimum atomic E-state index is -0.774. The number of aliphatic carboxylic acids is 1. The lowest BCUT2D eigenvalue weighted by Gasteiger charge is -2.67. The first-order valence-corrected chi connectivity index (χ1v) is 13.6. The van der Waals surface area contributed by atoms with Gasteiger partial charge in [0.2, 0.25) is 0 Å². The van der Waals surface area contributed by atoms with E-state index >= 15 is 0 Å². The Labute approximate surface area is 209 Å². The topological polar surface area (TPSA) is 95.2 Å². The number of rotatable bonds is 1. The first-order valence-electron chi connectivity index (χ1n) is 13.6. The van der Waals surface area contributed by atoms with Crippen LogP contribution in [0.4, 0.5) is 0 Å². The maximum absolute atomic E-state index is 14.1. The second-order valence-electron chi connectivity index (χ2n) is 14.5. The van der Waals surface area contributed by atoms with Crippen molar-refractivity contribution in [1.29, 1.82) is 5.26 Å². The molecule has 0 bridgehead atoms. The molecule has 8 unspecified atom stereocenters. The molecule has 5 aliphatic rings. The standard InChI is InChI=1S/C30H41NO4/c1-26(2)11-12-30(25(34)35)10-7-18-23(19(30)15-26)20(32)13-22-28(18,5)9-8-21-27(3,4)24(33)17(16-31)14-29(21,22)6/h14,18-19,21-23H,7-13,15H2,1-6H3,(H,34,35). The SMILES string of the molecule is CC1(C)CCC2(C(=O)O)CCC3C(C(=O)CC4C5(C)C=C(C#N)C(=O)C(C)(C)C5CCC34C)C2C1. The molecular weight excluding hydrogens is 438 g/mol. The van der Waals surface area contributed by atoms with E-state index in [2.05, 4.69) is 33.8 Å². The monoisotopic (exact) mass is 479 g/mol. The van der Waals surface area contributed by atoms with Crippen LogP contribution in [-0.4, -0.2) is 22.6 Å². The van der Waals surface area contributed by atoms with Crippen LogP contribution in [0.1, 0.15) is 92.9 Å². The Kier molecular flexibility index (Phi) is 5.15. The Balaban J connectivity index is 1.60. The third-order valence-corrected chi connectivity index (χ3v) is 12.1. The van der Waals surface area contributed by atoms with Crippen LogP contribution in [0.5, 0.6) is 0 Å². The third kappa shape index (κ3) is 3.07. The highest BCUT2D eigenvalue weighted by molar-refractivity contribution is 6.04. The number of nitrogens with zero attached hydrogens (tertiary/aromatic N) is 1. The minimum Gasteiger partial charge on any atom is -0.481 e. The maximum Gasteiger partial charge on any atom is 0.309 e. The highest BCUT2D eigenvalue weighted by Gasteiger charge is 2.69. The predicted molar refractivity (Wildman–Crippen MR) is 132 cm³/mol. The van der Waals surface area contributed by atoms with Crippen LogP contribution in [0.25, 0.3) is 0 Å². The zero-order valence-corrected chi connectivity index (χ0v) is 22.2. The Morgan fingerprint density at radius 2 is 1.66 bits per heavy atom. The molecule has 0 aromatic heterocycles. The fourth-order valence-corrected chi connectivity index (χ4v) is 10.3. The van der Waals surface area contributed by atoms with Gasteiger partial charge in [-0.1, -0.05) is 47.6 Å². The van der Waals surface area contributed by atoms with Gasteiger partial charge in [0.1, 0.15) is 11.9 Å². The van der Waals surface area contributed by atoms with Crippen molar-refractivity contribution in [3.8, 4) is 6.07 Å². The number of hydrogen-bond donors (Lipinski definition) is 1. The van der Waals surface area contributed by atoms with E-state index in [0.29, 0.717) is 19.3 Å². The number of hydrogen-bond acceptors (Lipinski definition) is 4. The molecule has 0 saturated heterocycles. The lowest BCUT2D eigenvalue weighted by molar-refractivity contribution is -0.198. The van der Waals surface area contributed by atoms with Gasteiger partial charge in [-0.25, -0.2) is 0 Å².